The maximum atomic E-state index is 12.7. The average Bonchev–Trinajstić information content (AvgIpc) is 2.61. The molecule has 1 saturated heterocycles. The molecule has 0 spiro atoms. The molecular weight excluding hydrogens is 534 g/mol. The monoisotopic (exact) mass is 571 g/mol. The van der Waals surface area contributed by atoms with E-state index in [2.05, 4.69) is 34.4 Å². The van der Waals surface area contributed by atoms with E-state index >= 15 is 0 Å². The van der Waals surface area contributed by atoms with Crippen LogP contribution in [0.4, 0.5) is 13.2 Å². The molecule has 180 valence electrons. The molecule has 0 radical (unpaired) electrons. The molecule has 2 N–H and O–H groups in total. The molecule has 1 aliphatic heterocycles. The van der Waals surface area contributed by atoms with Gasteiger partial charge in [-0.15, -0.1) is 24.0 Å². The van der Waals surface area contributed by atoms with Gasteiger partial charge in [0.05, 0.1) is 6.54 Å². The molecule has 1 heterocycles. The molecule has 1 rings (SSSR count). The largest absolute Gasteiger partial charge is 0.511 e. The zero-order chi connectivity index (χ0) is 22.2. The van der Waals surface area contributed by atoms with Crippen molar-refractivity contribution in [1.29, 1.82) is 0 Å². The number of nitrogens with one attached hydrogen (secondary N) is 2. The van der Waals surface area contributed by atoms with Crippen LogP contribution >= 0.6 is 24.0 Å². The second-order valence-electron chi connectivity index (χ2n) is 8.14. The number of halogens is 4. The van der Waals surface area contributed by atoms with E-state index in [0.29, 0.717) is 54.7 Å². The Morgan fingerprint density at radius 2 is 1.77 bits per heavy atom. The van der Waals surface area contributed by atoms with E-state index < -0.39 is 15.5 Å². The second-order valence-corrected chi connectivity index (χ2v) is 10.1. The summed E-state index contributed by atoms with van der Waals surface area (Å²) in [4.78, 5) is 6.81. The molecule has 0 aromatic rings. The van der Waals surface area contributed by atoms with Crippen LogP contribution in [-0.4, -0.2) is 82.0 Å². The zero-order valence-electron chi connectivity index (χ0n) is 18.5. The van der Waals surface area contributed by atoms with E-state index in [1.807, 2.05) is 21.0 Å². The third-order valence-electron chi connectivity index (χ3n) is 5.04. The van der Waals surface area contributed by atoms with Gasteiger partial charge in [0.2, 0.25) is 0 Å². The molecule has 1 atom stereocenters. The molecule has 0 amide bonds. The first-order chi connectivity index (χ1) is 13.4. The first-order valence-electron chi connectivity index (χ1n) is 10.1. The number of hydrogen-bond donors (Lipinski definition) is 2. The van der Waals surface area contributed by atoms with Crippen molar-refractivity contribution >= 4 is 40.0 Å². The lowest BCUT2D eigenvalue weighted by Gasteiger charge is -2.32. The molecule has 0 saturated carbocycles. The molecule has 1 fully saturated rings. The average molecular weight is 571 g/mol. The topological polar surface area (TPSA) is 77.0 Å². The molecular formula is C18H37F3IN5O2S. The van der Waals surface area contributed by atoms with E-state index in [1.54, 1.807) is 0 Å². The molecule has 30 heavy (non-hydrogen) atoms. The van der Waals surface area contributed by atoms with Crippen molar-refractivity contribution in [3.05, 3.63) is 0 Å². The van der Waals surface area contributed by atoms with Gasteiger partial charge >= 0.3 is 15.5 Å². The fourth-order valence-corrected chi connectivity index (χ4v) is 4.26. The van der Waals surface area contributed by atoms with Gasteiger partial charge < -0.3 is 15.5 Å². The van der Waals surface area contributed by atoms with Crippen LogP contribution in [0.25, 0.3) is 0 Å². The Morgan fingerprint density at radius 1 is 1.20 bits per heavy atom. The summed E-state index contributed by atoms with van der Waals surface area (Å²) in [6.07, 6.45) is 1.80. The second kappa shape index (κ2) is 13.3. The number of sulfonamides is 1. The van der Waals surface area contributed by atoms with E-state index in [4.69, 9.17) is 0 Å². The number of piperidine rings is 1. The SMILES string of the molecule is CCNC(=NCC(CC(C)C)N(C)C)NCC1CCN(S(=O)(=O)C(F)(F)F)CC1.I. The zero-order valence-corrected chi connectivity index (χ0v) is 21.6. The Hall–Kier alpha value is -0.340. The fraction of sp³-hybridized carbons (Fsp3) is 0.944. The van der Waals surface area contributed by atoms with Crippen molar-refractivity contribution in [2.75, 3.05) is 46.8 Å². The van der Waals surface area contributed by atoms with Crippen LogP contribution in [0.1, 0.15) is 40.0 Å². The normalized spacial score (nSPS) is 18.4. The summed E-state index contributed by atoms with van der Waals surface area (Å²) in [6, 6.07) is 0.321. The lowest BCUT2D eigenvalue weighted by atomic mass is 9.98. The van der Waals surface area contributed by atoms with Crippen LogP contribution < -0.4 is 10.6 Å². The van der Waals surface area contributed by atoms with Crippen molar-refractivity contribution in [3.8, 4) is 0 Å². The summed E-state index contributed by atoms with van der Waals surface area (Å²) in [5.41, 5.74) is -5.23. The molecule has 12 heteroatoms. The highest BCUT2D eigenvalue weighted by atomic mass is 127. The Kier molecular flexibility index (Phi) is 13.1. The van der Waals surface area contributed by atoms with Crippen LogP contribution in [0.3, 0.4) is 0 Å². The van der Waals surface area contributed by atoms with Gasteiger partial charge in [-0.25, -0.2) is 8.42 Å². The van der Waals surface area contributed by atoms with Gasteiger partial charge in [0, 0.05) is 32.2 Å². The van der Waals surface area contributed by atoms with Crippen LogP contribution in [0.2, 0.25) is 0 Å². The summed E-state index contributed by atoms with van der Waals surface area (Å²) in [5.74, 6) is 1.33. The Morgan fingerprint density at radius 3 is 2.20 bits per heavy atom. The third-order valence-corrected chi connectivity index (χ3v) is 6.67. The Labute approximate surface area is 196 Å². The summed E-state index contributed by atoms with van der Waals surface area (Å²) >= 11 is 0. The summed E-state index contributed by atoms with van der Waals surface area (Å²) < 4.78 is 61.5. The molecule has 0 bridgehead atoms. The lowest BCUT2D eigenvalue weighted by Crippen LogP contribution is -2.47. The minimum absolute atomic E-state index is 0. The molecule has 1 aliphatic rings. The van der Waals surface area contributed by atoms with Crippen molar-refractivity contribution < 1.29 is 21.6 Å². The quantitative estimate of drug-likeness (QED) is 0.253. The Balaban J connectivity index is 0.00000841. The minimum Gasteiger partial charge on any atom is -0.357 e. The number of aliphatic imine (C=N–C) groups is 1. The van der Waals surface area contributed by atoms with Crippen LogP contribution in [0, 0.1) is 11.8 Å². The van der Waals surface area contributed by atoms with Crippen molar-refractivity contribution in [2.45, 2.75) is 51.6 Å². The lowest BCUT2D eigenvalue weighted by molar-refractivity contribution is -0.0496. The summed E-state index contributed by atoms with van der Waals surface area (Å²) in [6.45, 7) is 7.98. The van der Waals surface area contributed by atoms with E-state index in [0.717, 1.165) is 6.42 Å². The van der Waals surface area contributed by atoms with Gasteiger partial charge in [0.15, 0.2) is 5.96 Å². The van der Waals surface area contributed by atoms with E-state index in [-0.39, 0.29) is 43.0 Å². The first kappa shape index (κ1) is 29.7. The van der Waals surface area contributed by atoms with Crippen LogP contribution in [0.5, 0.6) is 0 Å². The molecule has 7 nitrogen and oxygen atoms in total. The number of guanidine groups is 1. The first-order valence-corrected chi connectivity index (χ1v) is 11.6. The van der Waals surface area contributed by atoms with Crippen molar-refractivity contribution in [1.82, 2.24) is 19.8 Å². The van der Waals surface area contributed by atoms with Gasteiger partial charge in [-0.2, -0.15) is 17.5 Å². The highest BCUT2D eigenvalue weighted by Crippen LogP contribution is 2.30. The van der Waals surface area contributed by atoms with Gasteiger partial charge in [-0.1, -0.05) is 13.8 Å². The van der Waals surface area contributed by atoms with Crippen LogP contribution in [-0.2, 0) is 10.0 Å². The predicted octanol–water partition coefficient (Wildman–Crippen LogP) is 2.70. The van der Waals surface area contributed by atoms with Gasteiger partial charge in [0.1, 0.15) is 0 Å². The molecule has 0 aliphatic carbocycles. The van der Waals surface area contributed by atoms with Crippen molar-refractivity contribution in [2.24, 2.45) is 16.8 Å². The summed E-state index contributed by atoms with van der Waals surface area (Å²) in [5, 5.41) is 6.44. The number of rotatable bonds is 9. The molecule has 1 unspecified atom stereocenters. The maximum absolute atomic E-state index is 12.7. The number of likely N-dealkylation sites (N-methyl/N-ethyl adjacent to an activating group) is 1. The van der Waals surface area contributed by atoms with Gasteiger partial charge in [0.25, 0.3) is 0 Å². The van der Waals surface area contributed by atoms with Crippen LogP contribution in [0.15, 0.2) is 4.99 Å². The van der Waals surface area contributed by atoms with Crippen molar-refractivity contribution in [3.63, 3.8) is 0 Å². The highest BCUT2D eigenvalue weighted by Gasteiger charge is 2.50. The maximum Gasteiger partial charge on any atom is 0.511 e. The fourth-order valence-electron chi connectivity index (χ4n) is 3.27. The molecule has 0 aromatic carbocycles. The highest BCUT2D eigenvalue weighted by molar-refractivity contribution is 14.0. The predicted molar refractivity (Wildman–Crippen MR) is 126 cm³/mol. The van der Waals surface area contributed by atoms with Gasteiger partial charge in [-0.3, -0.25) is 4.99 Å². The Bertz CT molecular complexity index is 622. The molecule has 0 aromatic heterocycles. The standard InChI is InChI=1S/C18H36F3N5O2S.HI/c1-6-22-17(24-13-16(25(4)5)11-14(2)3)23-12-15-7-9-26(10-8-15)29(27,28)18(19,20)21;/h14-16H,6-13H2,1-5H3,(H2,22,23,24);1H. The summed E-state index contributed by atoms with van der Waals surface area (Å²) in [7, 11) is -1.16. The number of nitrogens with zero attached hydrogens (tertiary/aromatic N) is 3. The third kappa shape index (κ3) is 9.43. The van der Waals surface area contributed by atoms with Gasteiger partial charge in [-0.05, 0) is 52.1 Å². The van der Waals surface area contributed by atoms with E-state index in [1.165, 1.54) is 0 Å². The van der Waals surface area contributed by atoms with E-state index in [9.17, 15) is 21.6 Å². The minimum atomic E-state index is -5.23. The number of hydrogen-bond acceptors (Lipinski definition) is 4. The smallest absolute Gasteiger partial charge is 0.357 e. The number of alkyl halides is 3.